The van der Waals surface area contributed by atoms with Gasteiger partial charge in [0.25, 0.3) is 0 Å². The van der Waals surface area contributed by atoms with E-state index < -0.39 is 29.6 Å². The first-order valence-corrected chi connectivity index (χ1v) is 14.3. The zero-order chi connectivity index (χ0) is 28.0. The van der Waals surface area contributed by atoms with E-state index in [1.54, 1.807) is 36.3 Å². The molecular formula is C32H37N3O5. The Bertz CT molecular complexity index is 1310. The molecule has 3 amide bonds. The molecule has 4 aliphatic rings. The highest BCUT2D eigenvalue weighted by atomic mass is 16.5. The molecule has 2 aromatic rings. The van der Waals surface area contributed by atoms with E-state index in [0.29, 0.717) is 23.3 Å². The number of hydrogen-bond donors (Lipinski definition) is 2. The third-order valence-corrected chi connectivity index (χ3v) is 9.51. The molecule has 0 aromatic heterocycles. The van der Waals surface area contributed by atoms with E-state index in [0.717, 1.165) is 24.8 Å². The molecule has 0 unspecified atom stereocenters. The Morgan fingerprint density at radius 1 is 1.05 bits per heavy atom. The molecule has 1 spiro atoms. The Kier molecular flexibility index (Phi) is 6.90. The second kappa shape index (κ2) is 10.4. The lowest BCUT2D eigenvalue weighted by Gasteiger charge is -2.38. The third-order valence-electron chi connectivity index (χ3n) is 9.51. The van der Waals surface area contributed by atoms with Crippen molar-refractivity contribution in [3.63, 3.8) is 0 Å². The smallest absolute Gasteiger partial charge is 0.246 e. The molecule has 8 heteroatoms. The van der Waals surface area contributed by atoms with E-state index in [1.807, 2.05) is 42.5 Å². The summed E-state index contributed by atoms with van der Waals surface area (Å²) in [7, 11) is 1.58. The Morgan fingerprint density at radius 2 is 1.80 bits per heavy atom. The molecule has 6 rings (SSSR count). The van der Waals surface area contributed by atoms with Gasteiger partial charge >= 0.3 is 0 Å². The molecule has 2 aromatic carbocycles. The van der Waals surface area contributed by atoms with Crippen LogP contribution in [0.5, 0.6) is 5.75 Å². The molecule has 8 nitrogen and oxygen atoms in total. The molecule has 3 heterocycles. The maximum absolute atomic E-state index is 14.2. The van der Waals surface area contributed by atoms with Gasteiger partial charge in [0.15, 0.2) is 0 Å². The van der Waals surface area contributed by atoms with Crippen LogP contribution in [-0.2, 0) is 25.7 Å². The number of nitrogens with zero attached hydrogens (tertiary/aromatic N) is 1. The molecule has 1 saturated carbocycles. The van der Waals surface area contributed by atoms with E-state index in [4.69, 9.17) is 9.47 Å². The van der Waals surface area contributed by atoms with Crippen LogP contribution in [0.25, 0.3) is 0 Å². The monoisotopic (exact) mass is 543 g/mol. The van der Waals surface area contributed by atoms with Gasteiger partial charge in [0.05, 0.1) is 25.0 Å². The lowest BCUT2D eigenvalue weighted by atomic mass is 9.73. The maximum atomic E-state index is 14.2. The zero-order valence-electron chi connectivity index (χ0n) is 23.2. The van der Waals surface area contributed by atoms with Crippen molar-refractivity contribution in [3.8, 4) is 5.75 Å². The number of amides is 3. The lowest BCUT2D eigenvalue weighted by molar-refractivity contribution is -0.142. The summed E-state index contributed by atoms with van der Waals surface area (Å²) in [5.41, 5.74) is 0.335. The average Bonchev–Trinajstić information content (AvgIpc) is 3.60. The van der Waals surface area contributed by atoms with Crippen molar-refractivity contribution in [3.05, 3.63) is 72.3 Å². The molecule has 3 aliphatic heterocycles. The minimum absolute atomic E-state index is 0.0390. The molecule has 2 saturated heterocycles. The quantitative estimate of drug-likeness (QED) is 0.516. The molecular weight excluding hydrogens is 506 g/mol. The van der Waals surface area contributed by atoms with Crippen molar-refractivity contribution in [2.45, 2.75) is 63.4 Å². The number of fused-ring (bicyclic) bond motifs is 1. The van der Waals surface area contributed by atoms with Gasteiger partial charge in [-0.1, -0.05) is 69.2 Å². The van der Waals surface area contributed by atoms with Crippen molar-refractivity contribution >= 4 is 23.4 Å². The summed E-state index contributed by atoms with van der Waals surface area (Å²) < 4.78 is 11.7. The molecule has 2 N–H and O–H groups in total. The van der Waals surface area contributed by atoms with Gasteiger partial charge in [0, 0.05) is 18.3 Å². The molecule has 40 heavy (non-hydrogen) atoms. The number of anilines is 1. The van der Waals surface area contributed by atoms with Crippen molar-refractivity contribution in [1.82, 2.24) is 10.2 Å². The first-order valence-electron chi connectivity index (χ1n) is 14.3. The first kappa shape index (κ1) is 26.6. The number of benzene rings is 2. The summed E-state index contributed by atoms with van der Waals surface area (Å²) in [5, 5.41) is 6.26. The summed E-state index contributed by atoms with van der Waals surface area (Å²) in [6, 6.07) is 15.9. The number of rotatable bonds is 7. The topological polar surface area (TPSA) is 97.0 Å². The van der Waals surface area contributed by atoms with Crippen LogP contribution in [0.2, 0.25) is 0 Å². The number of carbonyl (C=O) groups is 3. The number of nitrogens with one attached hydrogen (secondary N) is 2. The number of ether oxygens (including phenoxy) is 2. The van der Waals surface area contributed by atoms with E-state index in [1.165, 1.54) is 0 Å². The van der Waals surface area contributed by atoms with Gasteiger partial charge in [-0.25, -0.2) is 0 Å². The highest BCUT2D eigenvalue weighted by Crippen LogP contribution is 2.55. The lowest BCUT2D eigenvalue weighted by Crippen LogP contribution is -2.57. The van der Waals surface area contributed by atoms with E-state index >= 15 is 0 Å². The van der Waals surface area contributed by atoms with Gasteiger partial charge in [-0.3, -0.25) is 14.4 Å². The predicted octanol–water partition coefficient (Wildman–Crippen LogP) is 3.93. The molecule has 2 bridgehead atoms. The number of carbonyl (C=O) groups excluding carboxylic acids is 3. The SMILES string of the molecule is COc1ccc(NC(=O)[C@@H]2[C@@H]3C=C[C@]4(O3)[C@@H]2C(=O)N(Cc2ccccc2)[C@H]4C(=O)N[C@@H]2CCC[C@@H](C)[C@H]2C)cc1. The van der Waals surface area contributed by atoms with Gasteiger partial charge < -0.3 is 25.0 Å². The van der Waals surface area contributed by atoms with Crippen LogP contribution in [0, 0.1) is 23.7 Å². The largest absolute Gasteiger partial charge is 0.497 e. The summed E-state index contributed by atoms with van der Waals surface area (Å²) in [6.07, 6.45) is 6.27. The van der Waals surface area contributed by atoms with Crippen LogP contribution < -0.4 is 15.4 Å². The van der Waals surface area contributed by atoms with Crippen molar-refractivity contribution in [1.29, 1.82) is 0 Å². The fourth-order valence-electron chi connectivity index (χ4n) is 7.17. The zero-order valence-corrected chi connectivity index (χ0v) is 23.2. The van der Waals surface area contributed by atoms with E-state index in [2.05, 4.69) is 24.5 Å². The van der Waals surface area contributed by atoms with Gasteiger partial charge in [-0.15, -0.1) is 0 Å². The maximum Gasteiger partial charge on any atom is 0.246 e. The average molecular weight is 544 g/mol. The molecule has 3 fully saturated rings. The number of hydrogen-bond acceptors (Lipinski definition) is 5. The minimum atomic E-state index is -1.19. The van der Waals surface area contributed by atoms with Crippen LogP contribution in [0.1, 0.15) is 38.7 Å². The number of methoxy groups -OCH3 is 1. The highest BCUT2D eigenvalue weighted by molar-refractivity contribution is 6.02. The summed E-state index contributed by atoms with van der Waals surface area (Å²) in [4.78, 5) is 43.6. The second-order valence-electron chi connectivity index (χ2n) is 11.8. The van der Waals surface area contributed by atoms with Gasteiger partial charge in [-0.05, 0) is 48.1 Å². The van der Waals surface area contributed by atoms with Gasteiger partial charge in [-0.2, -0.15) is 0 Å². The Labute approximate surface area is 235 Å². The van der Waals surface area contributed by atoms with Crippen LogP contribution in [0.4, 0.5) is 5.69 Å². The Balaban J connectivity index is 1.31. The fourth-order valence-corrected chi connectivity index (χ4v) is 7.17. The fraction of sp³-hybridized carbons (Fsp3) is 0.469. The molecule has 210 valence electrons. The number of likely N-dealkylation sites (tertiary alicyclic amines) is 1. The molecule has 1 aliphatic carbocycles. The first-order chi connectivity index (χ1) is 19.3. The highest BCUT2D eigenvalue weighted by Gasteiger charge is 2.72. The summed E-state index contributed by atoms with van der Waals surface area (Å²) >= 11 is 0. The van der Waals surface area contributed by atoms with Gasteiger partial charge in [0.2, 0.25) is 17.7 Å². The standard InChI is InChI=1S/C32H37N3O5/c1-19-8-7-11-24(20(19)2)34-30(37)28-32-17-16-25(40-32)26(29(36)33-22-12-14-23(39-3)15-13-22)27(32)31(38)35(28)18-21-9-5-4-6-10-21/h4-6,9-10,12-17,19-20,24-28H,7-8,11,18H2,1-3H3,(H,33,36)(H,34,37)/t19-,20-,24-,25+,26-,27+,28+,32+/m1/s1. The predicted molar refractivity (Wildman–Crippen MR) is 150 cm³/mol. The normalized spacial score (nSPS) is 34.0. The third kappa shape index (κ3) is 4.38. The molecule has 8 atom stereocenters. The van der Waals surface area contributed by atoms with Crippen molar-refractivity contribution in [2.75, 3.05) is 12.4 Å². The van der Waals surface area contributed by atoms with E-state index in [-0.39, 0.29) is 30.3 Å². The Morgan fingerprint density at radius 3 is 2.52 bits per heavy atom. The van der Waals surface area contributed by atoms with Crippen LogP contribution in [0.3, 0.4) is 0 Å². The second-order valence-corrected chi connectivity index (χ2v) is 11.8. The van der Waals surface area contributed by atoms with Crippen LogP contribution in [0.15, 0.2) is 66.7 Å². The van der Waals surface area contributed by atoms with Crippen molar-refractivity contribution in [2.24, 2.45) is 23.7 Å². The summed E-state index contributed by atoms with van der Waals surface area (Å²) in [5.74, 6) is -0.733. The van der Waals surface area contributed by atoms with Crippen molar-refractivity contribution < 1.29 is 23.9 Å². The van der Waals surface area contributed by atoms with Crippen LogP contribution in [-0.4, -0.2) is 53.5 Å². The minimum Gasteiger partial charge on any atom is -0.497 e. The summed E-state index contributed by atoms with van der Waals surface area (Å²) in [6.45, 7) is 4.69. The van der Waals surface area contributed by atoms with Gasteiger partial charge in [0.1, 0.15) is 17.4 Å². The van der Waals surface area contributed by atoms with Crippen LogP contribution >= 0.6 is 0 Å². The Hall–Kier alpha value is -3.65. The van der Waals surface area contributed by atoms with E-state index in [9.17, 15) is 14.4 Å². The molecule has 0 radical (unpaired) electrons.